The van der Waals surface area contributed by atoms with Gasteiger partial charge in [-0.15, -0.1) is 0 Å². The zero-order valence-corrected chi connectivity index (χ0v) is 12.1. The van der Waals surface area contributed by atoms with Crippen LogP contribution in [0, 0.1) is 0 Å². The summed E-state index contributed by atoms with van der Waals surface area (Å²) in [7, 11) is 0. The molecule has 3 heteroatoms. The van der Waals surface area contributed by atoms with E-state index in [1.54, 1.807) is 0 Å². The van der Waals surface area contributed by atoms with Crippen LogP contribution >= 0.6 is 0 Å². The predicted octanol–water partition coefficient (Wildman–Crippen LogP) is 2.18. The van der Waals surface area contributed by atoms with E-state index in [-0.39, 0.29) is 5.54 Å². The highest BCUT2D eigenvalue weighted by atomic mass is 16.5. The smallest absolute Gasteiger partial charge is 0.0707 e. The van der Waals surface area contributed by atoms with Gasteiger partial charge in [0.15, 0.2) is 0 Å². The van der Waals surface area contributed by atoms with Crippen LogP contribution in [0.5, 0.6) is 0 Å². The van der Waals surface area contributed by atoms with Crippen LogP contribution in [0.4, 0.5) is 0 Å². The van der Waals surface area contributed by atoms with E-state index >= 15 is 0 Å². The number of hydrogen-bond acceptors (Lipinski definition) is 3. The van der Waals surface area contributed by atoms with Crippen molar-refractivity contribution in [1.82, 2.24) is 10.2 Å². The molecule has 0 aromatic carbocycles. The van der Waals surface area contributed by atoms with Crippen molar-refractivity contribution >= 4 is 0 Å². The largest absolute Gasteiger partial charge is 0.372 e. The molecule has 1 saturated heterocycles. The van der Waals surface area contributed by atoms with Crippen LogP contribution in [0.1, 0.15) is 40.0 Å². The predicted molar refractivity (Wildman–Crippen MR) is 75.8 cm³/mol. The van der Waals surface area contributed by atoms with E-state index in [1.807, 2.05) is 0 Å². The highest BCUT2D eigenvalue weighted by Crippen LogP contribution is 2.21. The van der Waals surface area contributed by atoms with Gasteiger partial charge in [0.1, 0.15) is 0 Å². The molecule has 0 aliphatic carbocycles. The SMILES string of the molecule is CC(C)(C)NCC1CCC(CN2CC=CCC2)O1. The van der Waals surface area contributed by atoms with Crippen LogP contribution in [0.15, 0.2) is 12.2 Å². The third-order valence-electron chi connectivity index (χ3n) is 3.66. The fourth-order valence-electron chi connectivity index (χ4n) is 2.63. The van der Waals surface area contributed by atoms with Gasteiger partial charge >= 0.3 is 0 Å². The van der Waals surface area contributed by atoms with E-state index in [9.17, 15) is 0 Å². The van der Waals surface area contributed by atoms with Crippen molar-refractivity contribution in [2.75, 3.05) is 26.2 Å². The maximum atomic E-state index is 6.13. The third-order valence-corrected chi connectivity index (χ3v) is 3.66. The highest BCUT2D eigenvalue weighted by Gasteiger charge is 2.27. The van der Waals surface area contributed by atoms with Crippen molar-refractivity contribution in [1.29, 1.82) is 0 Å². The first-order valence-electron chi connectivity index (χ1n) is 7.31. The number of rotatable bonds is 4. The normalized spacial score (nSPS) is 29.9. The molecule has 3 nitrogen and oxygen atoms in total. The van der Waals surface area contributed by atoms with Crippen LogP contribution in [0.3, 0.4) is 0 Å². The second-order valence-corrected chi connectivity index (χ2v) is 6.61. The summed E-state index contributed by atoms with van der Waals surface area (Å²) >= 11 is 0. The molecule has 0 aromatic rings. The summed E-state index contributed by atoms with van der Waals surface area (Å²) in [5.41, 5.74) is 0.194. The molecule has 2 aliphatic heterocycles. The quantitative estimate of drug-likeness (QED) is 0.776. The maximum absolute atomic E-state index is 6.13. The van der Waals surface area contributed by atoms with Gasteiger partial charge < -0.3 is 10.1 Å². The maximum Gasteiger partial charge on any atom is 0.0707 e. The van der Waals surface area contributed by atoms with Crippen molar-refractivity contribution in [2.24, 2.45) is 0 Å². The Labute approximate surface area is 112 Å². The Hall–Kier alpha value is -0.380. The Morgan fingerprint density at radius 1 is 1.22 bits per heavy atom. The summed E-state index contributed by atoms with van der Waals surface area (Å²) in [6, 6.07) is 0. The Kier molecular flexibility index (Phi) is 4.82. The fourth-order valence-corrected chi connectivity index (χ4v) is 2.63. The molecule has 2 heterocycles. The van der Waals surface area contributed by atoms with Crippen LogP contribution < -0.4 is 5.32 Å². The summed E-state index contributed by atoms with van der Waals surface area (Å²) in [5.74, 6) is 0. The van der Waals surface area contributed by atoms with E-state index < -0.39 is 0 Å². The van der Waals surface area contributed by atoms with E-state index in [0.29, 0.717) is 12.2 Å². The zero-order valence-electron chi connectivity index (χ0n) is 12.1. The van der Waals surface area contributed by atoms with Crippen molar-refractivity contribution < 1.29 is 4.74 Å². The third kappa shape index (κ3) is 4.71. The monoisotopic (exact) mass is 252 g/mol. The molecular weight excluding hydrogens is 224 g/mol. The summed E-state index contributed by atoms with van der Waals surface area (Å²) < 4.78 is 6.13. The molecular formula is C15H28N2O. The molecule has 0 amide bonds. The van der Waals surface area contributed by atoms with Crippen molar-refractivity contribution in [3.63, 3.8) is 0 Å². The van der Waals surface area contributed by atoms with Crippen molar-refractivity contribution in [2.45, 2.75) is 57.8 Å². The molecule has 18 heavy (non-hydrogen) atoms. The summed E-state index contributed by atoms with van der Waals surface area (Å²) in [4.78, 5) is 2.50. The Morgan fingerprint density at radius 3 is 2.67 bits per heavy atom. The zero-order chi connectivity index (χ0) is 13.0. The van der Waals surface area contributed by atoms with Gasteiger partial charge in [0.05, 0.1) is 12.2 Å². The van der Waals surface area contributed by atoms with Gasteiger partial charge in [0, 0.05) is 31.7 Å². The van der Waals surface area contributed by atoms with E-state index in [0.717, 1.165) is 19.6 Å². The van der Waals surface area contributed by atoms with Crippen molar-refractivity contribution in [3.8, 4) is 0 Å². The van der Waals surface area contributed by atoms with Crippen LogP contribution in [0.2, 0.25) is 0 Å². The van der Waals surface area contributed by atoms with Crippen LogP contribution in [-0.4, -0.2) is 48.8 Å². The molecule has 2 aliphatic rings. The minimum Gasteiger partial charge on any atom is -0.372 e. The highest BCUT2D eigenvalue weighted by molar-refractivity contribution is 4.92. The van der Waals surface area contributed by atoms with Crippen LogP contribution in [0.25, 0.3) is 0 Å². The minimum atomic E-state index is 0.194. The Morgan fingerprint density at radius 2 is 2.00 bits per heavy atom. The molecule has 104 valence electrons. The topological polar surface area (TPSA) is 24.5 Å². The van der Waals surface area contributed by atoms with E-state index in [2.05, 4.69) is 43.1 Å². The number of hydrogen-bond donors (Lipinski definition) is 1. The molecule has 2 atom stereocenters. The van der Waals surface area contributed by atoms with Gasteiger partial charge in [0.25, 0.3) is 0 Å². The molecule has 0 aromatic heterocycles. The van der Waals surface area contributed by atoms with Crippen LogP contribution in [-0.2, 0) is 4.74 Å². The fraction of sp³-hybridized carbons (Fsp3) is 0.867. The van der Waals surface area contributed by atoms with Gasteiger partial charge in [0.2, 0.25) is 0 Å². The summed E-state index contributed by atoms with van der Waals surface area (Å²) in [6.45, 7) is 11.0. The number of nitrogens with one attached hydrogen (secondary N) is 1. The average Bonchev–Trinajstić information content (AvgIpc) is 2.75. The minimum absolute atomic E-state index is 0.194. The number of nitrogens with zero attached hydrogens (tertiary/aromatic N) is 1. The van der Waals surface area contributed by atoms with Gasteiger partial charge in [-0.3, -0.25) is 4.90 Å². The van der Waals surface area contributed by atoms with E-state index in [1.165, 1.54) is 25.8 Å². The lowest BCUT2D eigenvalue weighted by Crippen LogP contribution is -2.41. The van der Waals surface area contributed by atoms with E-state index in [4.69, 9.17) is 4.74 Å². The molecule has 1 N–H and O–H groups in total. The first-order valence-corrected chi connectivity index (χ1v) is 7.31. The Bertz CT molecular complexity index is 283. The lowest BCUT2D eigenvalue weighted by Gasteiger charge is -2.27. The standard InChI is InChI=1S/C15H28N2O/c1-15(2,3)16-11-13-7-8-14(18-13)12-17-9-5-4-6-10-17/h4-5,13-14,16H,6-12H2,1-3H3. The van der Waals surface area contributed by atoms with Gasteiger partial charge in [-0.25, -0.2) is 0 Å². The molecule has 0 radical (unpaired) electrons. The second-order valence-electron chi connectivity index (χ2n) is 6.61. The van der Waals surface area contributed by atoms with Crippen molar-refractivity contribution in [3.05, 3.63) is 12.2 Å². The average molecular weight is 252 g/mol. The molecule has 1 fully saturated rings. The summed E-state index contributed by atoms with van der Waals surface area (Å²) in [6.07, 6.45) is 9.03. The first kappa shape index (κ1) is 14.0. The van der Waals surface area contributed by atoms with Gasteiger partial charge in [-0.1, -0.05) is 12.2 Å². The summed E-state index contributed by atoms with van der Waals surface area (Å²) in [5, 5.41) is 3.54. The van der Waals surface area contributed by atoms with Gasteiger partial charge in [-0.2, -0.15) is 0 Å². The number of ether oxygens (including phenoxy) is 1. The second kappa shape index (κ2) is 6.18. The molecule has 2 rings (SSSR count). The molecule has 0 saturated carbocycles. The Balaban J connectivity index is 1.66. The van der Waals surface area contributed by atoms with Gasteiger partial charge in [-0.05, 0) is 40.0 Å². The molecule has 2 unspecified atom stereocenters. The lowest BCUT2D eigenvalue weighted by atomic mass is 10.1. The lowest BCUT2D eigenvalue weighted by molar-refractivity contribution is 0.0225. The first-order chi connectivity index (χ1) is 8.53. The molecule has 0 bridgehead atoms. The molecule has 0 spiro atoms.